The van der Waals surface area contributed by atoms with Crippen molar-refractivity contribution < 1.29 is 4.79 Å². The minimum absolute atomic E-state index is 0.436. The van der Waals surface area contributed by atoms with Gasteiger partial charge in [0.15, 0.2) is 0 Å². The average molecular weight is 168 g/mol. The summed E-state index contributed by atoms with van der Waals surface area (Å²) in [4.78, 5) is 14.5. The van der Waals surface area contributed by atoms with Crippen molar-refractivity contribution in [2.24, 2.45) is 18.5 Å². The standard InChI is InChI=1S/C7H12N4O/c1-11-4-10-3-5(11)2-6(8)7(9)12/h3-4,6H,2,8H2,1H3,(H2,9,12). The molecule has 0 aliphatic rings. The lowest BCUT2D eigenvalue weighted by molar-refractivity contribution is -0.119. The van der Waals surface area contributed by atoms with E-state index in [-0.39, 0.29) is 0 Å². The second-order valence-electron chi connectivity index (χ2n) is 2.71. The Morgan fingerprint density at radius 1 is 1.83 bits per heavy atom. The zero-order chi connectivity index (χ0) is 9.14. The zero-order valence-electron chi connectivity index (χ0n) is 6.90. The van der Waals surface area contributed by atoms with Crippen LogP contribution in [0.15, 0.2) is 12.5 Å². The second kappa shape index (κ2) is 3.36. The highest BCUT2D eigenvalue weighted by molar-refractivity contribution is 5.79. The van der Waals surface area contributed by atoms with Gasteiger partial charge in [0, 0.05) is 25.4 Å². The lowest BCUT2D eigenvalue weighted by Gasteiger charge is -2.06. The first kappa shape index (κ1) is 8.73. The number of aromatic nitrogens is 2. The van der Waals surface area contributed by atoms with Gasteiger partial charge in [0.05, 0.1) is 12.4 Å². The molecule has 0 aliphatic carbocycles. The molecular formula is C7H12N4O. The Hall–Kier alpha value is -1.36. The number of carbonyl (C=O) groups excluding carboxylic acids is 1. The van der Waals surface area contributed by atoms with Gasteiger partial charge in [-0.1, -0.05) is 0 Å². The van der Waals surface area contributed by atoms with Crippen LogP contribution in [0.4, 0.5) is 0 Å². The predicted octanol–water partition coefficient (Wildman–Crippen LogP) is -1.22. The summed E-state index contributed by atoms with van der Waals surface area (Å²) in [6, 6.07) is -0.625. The number of amides is 1. The van der Waals surface area contributed by atoms with Gasteiger partial charge in [-0.3, -0.25) is 4.79 Å². The Morgan fingerprint density at radius 2 is 2.50 bits per heavy atom. The lowest BCUT2D eigenvalue weighted by Crippen LogP contribution is -2.38. The van der Waals surface area contributed by atoms with E-state index < -0.39 is 11.9 Å². The topological polar surface area (TPSA) is 86.9 Å². The van der Waals surface area contributed by atoms with Crippen molar-refractivity contribution in [1.82, 2.24) is 9.55 Å². The van der Waals surface area contributed by atoms with Crippen LogP contribution in [0.2, 0.25) is 0 Å². The van der Waals surface area contributed by atoms with Gasteiger partial charge in [-0.2, -0.15) is 0 Å². The highest BCUT2D eigenvalue weighted by Crippen LogP contribution is 1.99. The first-order valence-corrected chi connectivity index (χ1v) is 3.61. The number of nitrogens with zero attached hydrogens (tertiary/aromatic N) is 2. The number of carbonyl (C=O) groups is 1. The molecule has 1 aromatic heterocycles. The smallest absolute Gasteiger partial charge is 0.234 e. The Kier molecular flexibility index (Phi) is 2.44. The summed E-state index contributed by atoms with van der Waals surface area (Å²) >= 11 is 0. The second-order valence-corrected chi connectivity index (χ2v) is 2.71. The van der Waals surface area contributed by atoms with E-state index in [9.17, 15) is 4.79 Å². The molecular weight excluding hydrogens is 156 g/mol. The molecule has 0 radical (unpaired) electrons. The summed E-state index contributed by atoms with van der Waals surface area (Å²) < 4.78 is 1.81. The number of hydrogen-bond acceptors (Lipinski definition) is 3. The van der Waals surface area contributed by atoms with Gasteiger partial charge in [0.25, 0.3) is 0 Å². The van der Waals surface area contributed by atoms with Gasteiger partial charge >= 0.3 is 0 Å². The number of nitrogens with two attached hydrogens (primary N) is 2. The third-order valence-corrected chi connectivity index (χ3v) is 1.71. The molecule has 0 spiro atoms. The van der Waals surface area contributed by atoms with Crippen LogP contribution in [-0.2, 0) is 18.3 Å². The van der Waals surface area contributed by atoms with Crippen molar-refractivity contribution in [3.63, 3.8) is 0 Å². The minimum atomic E-state index is -0.625. The highest BCUT2D eigenvalue weighted by atomic mass is 16.1. The van der Waals surface area contributed by atoms with E-state index in [4.69, 9.17) is 11.5 Å². The van der Waals surface area contributed by atoms with Gasteiger partial charge in [-0.15, -0.1) is 0 Å². The van der Waals surface area contributed by atoms with Gasteiger partial charge < -0.3 is 16.0 Å². The number of primary amides is 1. The summed E-state index contributed by atoms with van der Waals surface area (Å²) in [5, 5.41) is 0. The molecule has 1 rings (SSSR count). The molecule has 1 atom stereocenters. The Labute approximate surface area is 70.4 Å². The van der Waals surface area contributed by atoms with E-state index in [1.54, 1.807) is 12.5 Å². The average Bonchev–Trinajstić information content (AvgIpc) is 2.36. The molecule has 66 valence electrons. The molecule has 1 unspecified atom stereocenters. The third-order valence-electron chi connectivity index (χ3n) is 1.71. The highest BCUT2D eigenvalue weighted by Gasteiger charge is 2.11. The molecule has 1 heterocycles. The predicted molar refractivity (Wildman–Crippen MR) is 44.1 cm³/mol. The zero-order valence-corrected chi connectivity index (χ0v) is 6.90. The van der Waals surface area contributed by atoms with E-state index in [0.717, 1.165) is 5.69 Å². The Bertz CT molecular complexity index is 281. The maximum atomic E-state index is 10.6. The van der Waals surface area contributed by atoms with Crippen LogP contribution in [0.25, 0.3) is 0 Å². The third kappa shape index (κ3) is 1.82. The van der Waals surface area contributed by atoms with Crippen LogP contribution in [0.3, 0.4) is 0 Å². The van der Waals surface area contributed by atoms with Crippen LogP contribution in [0, 0.1) is 0 Å². The van der Waals surface area contributed by atoms with Crippen molar-refractivity contribution in [3.05, 3.63) is 18.2 Å². The maximum absolute atomic E-state index is 10.6. The fraction of sp³-hybridized carbons (Fsp3) is 0.429. The minimum Gasteiger partial charge on any atom is -0.368 e. The van der Waals surface area contributed by atoms with E-state index >= 15 is 0 Å². The fourth-order valence-corrected chi connectivity index (χ4v) is 0.907. The van der Waals surface area contributed by atoms with Crippen molar-refractivity contribution in [2.75, 3.05) is 0 Å². The molecule has 12 heavy (non-hydrogen) atoms. The van der Waals surface area contributed by atoms with Gasteiger partial charge in [-0.25, -0.2) is 4.98 Å². The Balaban J connectivity index is 2.64. The molecule has 1 aromatic rings. The van der Waals surface area contributed by atoms with Gasteiger partial charge in [0.1, 0.15) is 0 Å². The number of aryl methyl sites for hydroxylation is 1. The van der Waals surface area contributed by atoms with Crippen molar-refractivity contribution in [2.45, 2.75) is 12.5 Å². The SMILES string of the molecule is Cn1cncc1CC(N)C(N)=O. The molecule has 0 saturated carbocycles. The van der Waals surface area contributed by atoms with Crippen molar-refractivity contribution in [1.29, 1.82) is 0 Å². The monoisotopic (exact) mass is 168 g/mol. The quantitative estimate of drug-likeness (QED) is 0.592. The normalized spacial score (nSPS) is 12.8. The van der Waals surface area contributed by atoms with Crippen LogP contribution in [0.5, 0.6) is 0 Å². The molecule has 1 amide bonds. The van der Waals surface area contributed by atoms with Crippen LogP contribution in [0.1, 0.15) is 5.69 Å². The summed E-state index contributed by atoms with van der Waals surface area (Å²) in [6.07, 6.45) is 3.76. The summed E-state index contributed by atoms with van der Waals surface area (Å²) in [6.45, 7) is 0. The van der Waals surface area contributed by atoms with E-state index in [1.807, 2.05) is 11.6 Å². The largest absolute Gasteiger partial charge is 0.368 e. The van der Waals surface area contributed by atoms with E-state index in [1.165, 1.54) is 0 Å². The van der Waals surface area contributed by atoms with E-state index in [0.29, 0.717) is 6.42 Å². The molecule has 0 aromatic carbocycles. The maximum Gasteiger partial charge on any atom is 0.234 e. The van der Waals surface area contributed by atoms with Crippen molar-refractivity contribution in [3.8, 4) is 0 Å². The number of rotatable bonds is 3. The van der Waals surface area contributed by atoms with Crippen LogP contribution in [-0.4, -0.2) is 21.5 Å². The molecule has 5 nitrogen and oxygen atoms in total. The lowest BCUT2D eigenvalue weighted by atomic mass is 10.2. The van der Waals surface area contributed by atoms with Gasteiger partial charge in [-0.05, 0) is 0 Å². The number of imidazole rings is 1. The summed E-state index contributed by atoms with van der Waals surface area (Å²) in [7, 11) is 1.84. The molecule has 0 fully saturated rings. The molecule has 4 N–H and O–H groups in total. The molecule has 0 bridgehead atoms. The summed E-state index contributed by atoms with van der Waals surface area (Å²) in [5.41, 5.74) is 11.4. The van der Waals surface area contributed by atoms with Crippen LogP contribution >= 0.6 is 0 Å². The molecule has 5 heteroatoms. The summed E-state index contributed by atoms with van der Waals surface area (Å²) in [5.74, 6) is -0.490. The molecule has 0 aliphatic heterocycles. The van der Waals surface area contributed by atoms with Crippen LogP contribution < -0.4 is 11.5 Å². The fourth-order valence-electron chi connectivity index (χ4n) is 0.907. The number of hydrogen-bond donors (Lipinski definition) is 2. The van der Waals surface area contributed by atoms with Gasteiger partial charge in [0.2, 0.25) is 5.91 Å². The Morgan fingerprint density at radius 3 is 2.92 bits per heavy atom. The molecule has 0 saturated heterocycles. The first-order valence-electron chi connectivity index (χ1n) is 3.61. The van der Waals surface area contributed by atoms with E-state index in [2.05, 4.69) is 4.98 Å². The first-order chi connectivity index (χ1) is 5.61. The van der Waals surface area contributed by atoms with Crippen molar-refractivity contribution >= 4 is 5.91 Å².